The molecule has 0 radical (unpaired) electrons. The predicted molar refractivity (Wildman–Crippen MR) is 61.0 cm³/mol. The lowest BCUT2D eigenvalue weighted by atomic mass is 9.78. The minimum absolute atomic E-state index is 0.0204. The predicted octanol–water partition coefficient (Wildman–Crippen LogP) is 2.07. The Kier molecular flexibility index (Phi) is 2.70. The van der Waals surface area contributed by atoms with Crippen LogP contribution in [0.5, 0.6) is 0 Å². The van der Waals surface area contributed by atoms with E-state index in [4.69, 9.17) is 4.55 Å². The Morgan fingerprint density at radius 2 is 2.00 bits per heavy atom. The first-order chi connectivity index (χ1) is 6.74. The van der Waals surface area contributed by atoms with Gasteiger partial charge in [-0.1, -0.05) is 15.9 Å². The van der Waals surface area contributed by atoms with Gasteiger partial charge in [0.05, 0.1) is 4.45 Å². The molecule has 2 N–H and O–H groups in total. The Labute approximate surface area is 98.8 Å². The van der Waals surface area contributed by atoms with Gasteiger partial charge in [-0.25, -0.2) is 0 Å². The standard InChI is InChI=1S/C9H16BrNO3S/c1-8(10,11-15(12,13)14)9-4-2-7(6-9)3-5-9/h7,11H,2-6H2,1H3,(H,12,13,14). The van der Waals surface area contributed by atoms with Crippen molar-refractivity contribution in [3.63, 3.8) is 0 Å². The fraction of sp³-hybridized carbons (Fsp3) is 1.00. The van der Waals surface area contributed by atoms with Crippen molar-refractivity contribution in [2.75, 3.05) is 0 Å². The van der Waals surface area contributed by atoms with Crippen molar-refractivity contribution in [2.24, 2.45) is 11.3 Å². The van der Waals surface area contributed by atoms with Gasteiger partial charge < -0.3 is 0 Å². The summed E-state index contributed by atoms with van der Waals surface area (Å²) in [7, 11) is -4.15. The maximum Gasteiger partial charge on any atom is 0.334 e. The van der Waals surface area contributed by atoms with Gasteiger partial charge in [0, 0.05) is 0 Å². The van der Waals surface area contributed by atoms with Crippen molar-refractivity contribution in [3.8, 4) is 0 Å². The molecule has 88 valence electrons. The zero-order valence-corrected chi connectivity index (χ0v) is 11.1. The molecule has 2 rings (SSSR count). The lowest BCUT2D eigenvalue weighted by Gasteiger charge is -2.40. The van der Waals surface area contributed by atoms with Crippen molar-refractivity contribution >= 4 is 26.2 Å². The molecule has 4 nitrogen and oxygen atoms in total. The quantitative estimate of drug-likeness (QED) is 0.476. The number of hydrogen-bond donors (Lipinski definition) is 2. The van der Waals surface area contributed by atoms with Gasteiger partial charge in [0.15, 0.2) is 0 Å². The minimum atomic E-state index is -4.15. The monoisotopic (exact) mass is 297 g/mol. The van der Waals surface area contributed by atoms with E-state index >= 15 is 0 Å². The second-order valence-corrected chi connectivity index (χ2v) is 7.75. The minimum Gasteiger partial charge on any atom is -0.273 e. The molecule has 1 unspecified atom stereocenters. The van der Waals surface area contributed by atoms with Crippen LogP contribution in [-0.4, -0.2) is 17.4 Å². The average molecular weight is 298 g/mol. The first-order valence-corrected chi connectivity index (χ1v) is 7.43. The van der Waals surface area contributed by atoms with E-state index in [-0.39, 0.29) is 5.41 Å². The van der Waals surface area contributed by atoms with Gasteiger partial charge in [0.1, 0.15) is 0 Å². The van der Waals surface area contributed by atoms with Gasteiger partial charge in [-0.05, 0) is 50.4 Å². The third-order valence-electron chi connectivity index (χ3n) is 4.06. The number of nitrogens with one attached hydrogen (secondary N) is 1. The van der Waals surface area contributed by atoms with E-state index in [9.17, 15) is 8.42 Å². The van der Waals surface area contributed by atoms with Crippen molar-refractivity contribution in [1.29, 1.82) is 0 Å². The fourth-order valence-corrected chi connectivity index (χ4v) is 5.08. The summed E-state index contributed by atoms with van der Waals surface area (Å²) in [5.74, 6) is 0.741. The van der Waals surface area contributed by atoms with E-state index in [0.29, 0.717) is 0 Å². The van der Waals surface area contributed by atoms with Crippen LogP contribution in [0, 0.1) is 11.3 Å². The van der Waals surface area contributed by atoms with Crippen LogP contribution in [0.25, 0.3) is 0 Å². The summed E-state index contributed by atoms with van der Waals surface area (Å²) in [5, 5.41) is 0. The van der Waals surface area contributed by atoms with Crippen molar-refractivity contribution in [1.82, 2.24) is 4.72 Å². The second kappa shape index (κ2) is 3.42. The van der Waals surface area contributed by atoms with Crippen LogP contribution in [-0.2, 0) is 10.3 Å². The van der Waals surface area contributed by atoms with Gasteiger partial charge in [0.2, 0.25) is 0 Å². The van der Waals surface area contributed by atoms with Crippen LogP contribution >= 0.6 is 15.9 Å². The summed E-state index contributed by atoms with van der Waals surface area (Å²) < 4.78 is 32.2. The van der Waals surface area contributed by atoms with Gasteiger partial charge >= 0.3 is 10.3 Å². The molecule has 2 fully saturated rings. The van der Waals surface area contributed by atoms with E-state index in [0.717, 1.165) is 25.2 Å². The Morgan fingerprint density at radius 1 is 1.47 bits per heavy atom. The number of hydrogen-bond acceptors (Lipinski definition) is 2. The van der Waals surface area contributed by atoms with Crippen LogP contribution in [0.2, 0.25) is 0 Å². The molecule has 0 aromatic carbocycles. The molecule has 0 spiro atoms. The Balaban J connectivity index is 2.21. The van der Waals surface area contributed by atoms with E-state index in [2.05, 4.69) is 20.7 Å². The fourth-order valence-electron chi connectivity index (χ4n) is 3.20. The van der Waals surface area contributed by atoms with Crippen molar-refractivity contribution in [3.05, 3.63) is 0 Å². The third kappa shape index (κ3) is 2.09. The lowest BCUT2D eigenvalue weighted by molar-refractivity contribution is 0.206. The lowest BCUT2D eigenvalue weighted by Crippen LogP contribution is -2.51. The number of alkyl halides is 1. The topological polar surface area (TPSA) is 66.4 Å². The molecular formula is C9H16BrNO3S. The summed E-state index contributed by atoms with van der Waals surface area (Å²) in [4.78, 5) is 0. The molecule has 0 aromatic heterocycles. The van der Waals surface area contributed by atoms with Gasteiger partial charge in [0.25, 0.3) is 0 Å². The van der Waals surface area contributed by atoms with Crippen LogP contribution in [0.4, 0.5) is 0 Å². The molecular weight excluding hydrogens is 282 g/mol. The molecule has 2 saturated carbocycles. The molecule has 2 aliphatic rings. The highest BCUT2D eigenvalue weighted by atomic mass is 79.9. The Morgan fingerprint density at radius 3 is 2.33 bits per heavy atom. The summed E-state index contributed by atoms with van der Waals surface area (Å²) in [5.41, 5.74) is -0.0204. The van der Waals surface area contributed by atoms with Crippen LogP contribution in [0.15, 0.2) is 0 Å². The molecule has 2 aliphatic carbocycles. The summed E-state index contributed by atoms with van der Waals surface area (Å²) in [6.07, 6.45) is 5.46. The summed E-state index contributed by atoms with van der Waals surface area (Å²) in [6.45, 7) is 1.80. The largest absolute Gasteiger partial charge is 0.334 e. The molecule has 2 bridgehead atoms. The van der Waals surface area contributed by atoms with Crippen LogP contribution in [0.1, 0.15) is 39.0 Å². The molecule has 1 atom stereocenters. The summed E-state index contributed by atoms with van der Waals surface area (Å²) in [6, 6.07) is 0. The highest BCUT2D eigenvalue weighted by Gasteiger charge is 2.55. The van der Waals surface area contributed by atoms with Gasteiger partial charge in [-0.2, -0.15) is 13.1 Å². The number of halogens is 1. The van der Waals surface area contributed by atoms with E-state index in [1.807, 2.05) is 0 Å². The number of rotatable bonds is 3. The van der Waals surface area contributed by atoms with Gasteiger partial charge in [-0.15, -0.1) is 0 Å². The molecule has 0 aromatic rings. The van der Waals surface area contributed by atoms with Crippen LogP contribution < -0.4 is 4.72 Å². The highest BCUT2D eigenvalue weighted by molar-refractivity contribution is 9.10. The van der Waals surface area contributed by atoms with E-state index in [1.165, 1.54) is 12.8 Å². The SMILES string of the molecule is CC(Br)(NS(=O)(=O)O)C12CCC(CC1)C2. The highest BCUT2D eigenvalue weighted by Crippen LogP contribution is 2.61. The smallest absolute Gasteiger partial charge is 0.273 e. The first-order valence-electron chi connectivity index (χ1n) is 5.19. The molecule has 0 amide bonds. The molecule has 0 heterocycles. The number of fused-ring (bicyclic) bond motifs is 2. The average Bonchev–Trinajstić information content (AvgIpc) is 2.58. The zero-order valence-electron chi connectivity index (χ0n) is 8.66. The normalized spacial score (nSPS) is 39.3. The maximum atomic E-state index is 10.9. The van der Waals surface area contributed by atoms with Crippen molar-refractivity contribution in [2.45, 2.75) is 43.5 Å². The zero-order chi connectivity index (χ0) is 11.3. The molecule has 0 aliphatic heterocycles. The molecule has 15 heavy (non-hydrogen) atoms. The van der Waals surface area contributed by atoms with E-state index in [1.54, 1.807) is 6.92 Å². The first kappa shape index (κ1) is 11.8. The molecule has 6 heteroatoms. The third-order valence-corrected chi connectivity index (χ3v) is 6.03. The second-order valence-electron chi connectivity index (χ2n) is 5.01. The van der Waals surface area contributed by atoms with Crippen molar-refractivity contribution < 1.29 is 13.0 Å². The van der Waals surface area contributed by atoms with E-state index < -0.39 is 14.8 Å². The van der Waals surface area contributed by atoms with Crippen LogP contribution in [0.3, 0.4) is 0 Å². The summed E-state index contributed by atoms with van der Waals surface area (Å²) >= 11 is 3.44. The maximum absolute atomic E-state index is 10.9. The molecule has 0 saturated heterocycles. The van der Waals surface area contributed by atoms with Gasteiger partial charge in [-0.3, -0.25) is 4.55 Å². The Hall–Kier alpha value is 0.350. The Bertz CT molecular complexity index is 358.